The van der Waals surface area contributed by atoms with Crippen molar-refractivity contribution in [2.45, 2.75) is 25.7 Å². The van der Waals surface area contributed by atoms with Crippen LogP contribution in [0.15, 0.2) is 30.5 Å². The topological polar surface area (TPSA) is 60.1 Å². The number of Topliss-reactive ketones (excluding diaryl/α,β-unsaturated/α-hetero) is 1. The van der Waals surface area contributed by atoms with E-state index >= 15 is 0 Å². The van der Waals surface area contributed by atoms with Crippen LogP contribution < -0.4 is 0 Å². The first-order valence-corrected chi connectivity index (χ1v) is 7.49. The molecule has 0 amide bonds. The summed E-state index contributed by atoms with van der Waals surface area (Å²) in [6.45, 7) is 1.81. The SMILES string of the molecule is Cc1nc2nc3c(cn2n1)C(=O)C[C@H](c1cccc(Cl)c1)C3. The largest absolute Gasteiger partial charge is 0.294 e. The molecule has 1 aromatic carbocycles. The number of ketones is 1. The first-order chi connectivity index (χ1) is 10.6. The molecule has 2 aromatic heterocycles. The van der Waals surface area contributed by atoms with Crippen molar-refractivity contribution in [3.63, 3.8) is 0 Å². The second-order valence-corrected chi connectivity index (χ2v) is 6.02. The summed E-state index contributed by atoms with van der Waals surface area (Å²) < 4.78 is 1.58. The van der Waals surface area contributed by atoms with Crippen LogP contribution >= 0.6 is 11.6 Å². The van der Waals surface area contributed by atoms with Crippen molar-refractivity contribution in [1.29, 1.82) is 0 Å². The summed E-state index contributed by atoms with van der Waals surface area (Å²) in [5, 5.41) is 4.91. The van der Waals surface area contributed by atoms with Crippen molar-refractivity contribution < 1.29 is 4.79 Å². The maximum absolute atomic E-state index is 12.5. The van der Waals surface area contributed by atoms with E-state index in [0.717, 1.165) is 11.3 Å². The summed E-state index contributed by atoms with van der Waals surface area (Å²) in [7, 11) is 0. The maximum Gasteiger partial charge on any atom is 0.252 e. The van der Waals surface area contributed by atoms with Gasteiger partial charge in [0.1, 0.15) is 5.82 Å². The van der Waals surface area contributed by atoms with Gasteiger partial charge in [0, 0.05) is 17.6 Å². The molecule has 4 rings (SSSR count). The van der Waals surface area contributed by atoms with E-state index in [4.69, 9.17) is 11.6 Å². The number of carbonyl (C=O) groups excluding carboxylic acids is 1. The van der Waals surface area contributed by atoms with Gasteiger partial charge in [0.15, 0.2) is 5.78 Å². The lowest BCUT2D eigenvalue weighted by Gasteiger charge is -2.23. The number of rotatable bonds is 1. The number of hydrogen-bond acceptors (Lipinski definition) is 4. The first kappa shape index (κ1) is 13.4. The van der Waals surface area contributed by atoms with Crippen LogP contribution in [-0.4, -0.2) is 25.4 Å². The minimum atomic E-state index is 0.0915. The fourth-order valence-electron chi connectivity index (χ4n) is 2.98. The van der Waals surface area contributed by atoms with E-state index in [9.17, 15) is 4.79 Å². The Morgan fingerprint density at radius 1 is 1.27 bits per heavy atom. The molecule has 22 heavy (non-hydrogen) atoms. The summed E-state index contributed by atoms with van der Waals surface area (Å²) in [5.41, 5.74) is 2.52. The van der Waals surface area contributed by atoms with Gasteiger partial charge in [-0.05, 0) is 37.0 Å². The van der Waals surface area contributed by atoms with Gasteiger partial charge in [0.05, 0.1) is 11.3 Å². The number of aromatic nitrogens is 4. The normalized spacial score (nSPS) is 17.7. The molecule has 0 saturated carbocycles. The molecule has 110 valence electrons. The Hall–Kier alpha value is -2.27. The Kier molecular flexibility index (Phi) is 2.97. The molecule has 0 fully saturated rings. The molecule has 0 unspecified atom stereocenters. The lowest BCUT2D eigenvalue weighted by Crippen LogP contribution is -2.21. The highest BCUT2D eigenvalue weighted by Crippen LogP contribution is 2.32. The fourth-order valence-corrected chi connectivity index (χ4v) is 3.18. The summed E-state index contributed by atoms with van der Waals surface area (Å²) in [6, 6.07) is 7.68. The monoisotopic (exact) mass is 312 g/mol. The number of hydrogen-bond donors (Lipinski definition) is 0. The zero-order valence-electron chi connectivity index (χ0n) is 12.0. The van der Waals surface area contributed by atoms with Crippen molar-refractivity contribution in [3.05, 3.63) is 58.1 Å². The molecule has 0 N–H and O–H groups in total. The quantitative estimate of drug-likeness (QED) is 0.693. The molecule has 0 radical (unpaired) electrons. The molecular weight excluding hydrogens is 300 g/mol. The third-order valence-electron chi connectivity index (χ3n) is 4.01. The summed E-state index contributed by atoms with van der Waals surface area (Å²) in [4.78, 5) is 21.3. The van der Waals surface area contributed by atoms with Gasteiger partial charge in [-0.2, -0.15) is 10.1 Å². The lowest BCUT2D eigenvalue weighted by atomic mass is 9.82. The highest BCUT2D eigenvalue weighted by atomic mass is 35.5. The van der Waals surface area contributed by atoms with Gasteiger partial charge >= 0.3 is 0 Å². The molecule has 6 heteroatoms. The van der Waals surface area contributed by atoms with Crippen molar-refractivity contribution in [1.82, 2.24) is 19.6 Å². The molecule has 0 saturated heterocycles. The predicted molar refractivity (Wildman–Crippen MR) is 82.4 cm³/mol. The van der Waals surface area contributed by atoms with Crippen molar-refractivity contribution in [2.75, 3.05) is 0 Å². The zero-order valence-corrected chi connectivity index (χ0v) is 12.7. The van der Waals surface area contributed by atoms with Crippen LogP contribution in [0.2, 0.25) is 5.02 Å². The Morgan fingerprint density at radius 3 is 2.95 bits per heavy atom. The maximum atomic E-state index is 12.5. The summed E-state index contributed by atoms with van der Waals surface area (Å²) >= 11 is 6.06. The van der Waals surface area contributed by atoms with Crippen LogP contribution in [0, 0.1) is 6.92 Å². The lowest BCUT2D eigenvalue weighted by molar-refractivity contribution is 0.0962. The molecule has 2 heterocycles. The number of nitrogens with zero attached hydrogens (tertiary/aromatic N) is 4. The van der Waals surface area contributed by atoms with Crippen LogP contribution in [0.4, 0.5) is 0 Å². The third kappa shape index (κ3) is 2.18. The molecule has 1 aliphatic carbocycles. The van der Waals surface area contributed by atoms with Gasteiger partial charge in [0.2, 0.25) is 0 Å². The number of fused-ring (bicyclic) bond motifs is 2. The van der Waals surface area contributed by atoms with Gasteiger partial charge in [-0.3, -0.25) is 4.79 Å². The fraction of sp³-hybridized carbons (Fsp3) is 0.250. The van der Waals surface area contributed by atoms with Gasteiger partial charge in [-0.15, -0.1) is 0 Å². The zero-order chi connectivity index (χ0) is 15.3. The summed E-state index contributed by atoms with van der Waals surface area (Å²) in [5.74, 6) is 1.39. The predicted octanol–water partition coefficient (Wildman–Crippen LogP) is 3.00. The molecule has 1 aliphatic rings. The second-order valence-electron chi connectivity index (χ2n) is 5.59. The van der Waals surface area contributed by atoms with E-state index < -0.39 is 0 Å². The van der Waals surface area contributed by atoms with Crippen LogP contribution in [0.5, 0.6) is 0 Å². The van der Waals surface area contributed by atoms with Crippen LogP contribution in [0.3, 0.4) is 0 Å². The third-order valence-corrected chi connectivity index (χ3v) is 4.24. The van der Waals surface area contributed by atoms with E-state index in [1.807, 2.05) is 31.2 Å². The molecule has 0 aliphatic heterocycles. The van der Waals surface area contributed by atoms with Crippen molar-refractivity contribution in [3.8, 4) is 0 Å². The van der Waals surface area contributed by atoms with Gasteiger partial charge in [0.25, 0.3) is 5.78 Å². The van der Waals surface area contributed by atoms with Gasteiger partial charge in [-0.1, -0.05) is 23.7 Å². The van der Waals surface area contributed by atoms with Crippen LogP contribution in [-0.2, 0) is 6.42 Å². The Labute approximate surface area is 132 Å². The number of aryl methyl sites for hydroxylation is 1. The standard InChI is InChI=1S/C16H13ClN4O/c1-9-18-16-19-14-6-11(10-3-2-4-12(17)5-10)7-15(22)13(14)8-21(16)20-9/h2-5,8,11H,6-7H2,1H3/t11-/m1/s1. The number of benzene rings is 1. The highest BCUT2D eigenvalue weighted by molar-refractivity contribution is 6.30. The Bertz CT molecular complexity index is 902. The summed E-state index contributed by atoms with van der Waals surface area (Å²) in [6.07, 6.45) is 2.92. The number of carbonyl (C=O) groups is 1. The minimum absolute atomic E-state index is 0.0915. The molecule has 0 bridgehead atoms. The minimum Gasteiger partial charge on any atom is -0.294 e. The van der Waals surface area contributed by atoms with E-state index in [0.29, 0.717) is 35.0 Å². The Morgan fingerprint density at radius 2 is 2.14 bits per heavy atom. The molecule has 0 spiro atoms. The van der Waals surface area contributed by atoms with Crippen LogP contribution in [0.25, 0.3) is 5.78 Å². The Balaban J connectivity index is 1.79. The van der Waals surface area contributed by atoms with E-state index in [1.165, 1.54) is 0 Å². The smallest absolute Gasteiger partial charge is 0.252 e. The molecular formula is C16H13ClN4O. The van der Waals surface area contributed by atoms with Gasteiger partial charge < -0.3 is 0 Å². The average molecular weight is 313 g/mol. The first-order valence-electron chi connectivity index (χ1n) is 7.12. The molecule has 5 nitrogen and oxygen atoms in total. The van der Waals surface area contributed by atoms with Crippen molar-refractivity contribution in [2.24, 2.45) is 0 Å². The van der Waals surface area contributed by atoms with Crippen LogP contribution in [0.1, 0.15) is 39.8 Å². The van der Waals surface area contributed by atoms with Crippen molar-refractivity contribution >= 4 is 23.2 Å². The second kappa shape index (κ2) is 4.88. The molecule has 3 aromatic rings. The van der Waals surface area contributed by atoms with E-state index in [2.05, 4.69) is 15.1 Å². The van der Waals surface area contributed by atoms with E-state index in [-0.39, 0.29) is 11.7 Å². The highest BCUT2D eigenvalue weighted by Gasteiger charge is 2.28. The average Bonchev–Trinajstić information content (AvgIpc) is 2.84. The van der Waals surface area contributed by atoms with E-state index in [1.54, 1.807) is 10.7 Å². The molecule has 1 atom stereocenters. The van der Waals surface area contributed by atoms with Gasteiger partial charge in [-0.25, -0.2) is 9.50 Å². The number of halogens is 1.